The Balaban J connectivity index is 1.61. The van der Waals surface area contributed by atoms with Gasteiger partial charge < -0.3 is 4.74 Å². The van der Waals surface area contributed by atoms with Gasteiger partial charge in [-0.25, -0.2) is 0 Å². The number of hydrogen-bond donors (Lipinski definition) is 0. The van der Waals surface area contributed by atoms with Crippen LogP contribution in [0.5, 0.6) is 5.75 Å². The molecule has 25 heavy (non-hydrogen) atoms. The molecule has 0 spiro atoms. The van der Waals surface area contributed by atoms with Crippen LogP contribution in [-0.2, 0) is 0 Å². The summed E-state index contributed by atoms with van der Waals surface area (Å²) < 4.78 is 6.30. The van der Waals surface area contributed by atoms with Crippen molar-refractivity contribution in [1.82, 2.24) is 0 Å². The number of hydrogen-bond acceptors (Lipinski definition) is 2. The van der Waals surface area contributed by atoms with Gasteiger partial charge >= 0.3 is 0 Å². The monoisotopic (exact) mass is 356 g/mol. The lowest BCUT2D eigenvalue weighted by atomic mass is 9.80. The van der Waals surface area contributed by atoms with E-state index in [1.54, 1.807) is 0 Å². The summed E-state index contributed by atoms with van der Waals surface area (Å²) in [4.78, 5) is 2.72. The Bertz CT molecular complexity index is 669. The van der Waals surface area contributed by atoms with Crippen molar-refractivity contribution in [2.45, 2.75) is 66.2 Å². The third kappa shape index (κ3) is 4.67. The molecule has 1 aliphatic rings. The average molecular weight is 357 g/mol. The zero-order valence-corrected chi connectivity index (χ0v) is 17.0. The highest BCUT2D eigenvalue weighted by atomic mass is 32.1. The normalized spacial score (nSPS) is 20.6. The van der Waals surface area contributed by atoms with E-state index in [0.29, 0.717) is 0 Å². The highest BCUT2D eigenvalue weighted by Gasteiger charge is 2.21. The van der Waals surface area contributed by atoms with Gasteiger partial charge in [0.15, 0.2) is 0 Å². The predicted molar refractivity (Wildman–Crippen MR) is 110 cm³/mol. The lowest BCUT2D eigenvalue weighted by molar-refractivity contribution is 0.177. The van der Waals surface area contributed by atoms with Gasteiger partial charge in [0.1, 0.15) is 5.75 Å². The Morgan fingerprint density at radius 3 is 2.16 bits per heavy atom. The number of rotatable bonds is 6. The summed E-state index contributed by atoms with van der Waals surface area (Å²) in [7, 11) is 0. The van der Waals surface area contributed by atoms with E-state index in [1.165, 1.54) is 65.0 Å². The smallest absolute Gasteiger partial charge is 0.125 e. The summed E-state index contributed by atoms with van der Waals surface area (Å²) in [6.45, 7) is 9.73. The molecule has 0 aliphatic heterocycles. The van der Waals surface area contributed by atoms with Crippen LogP contribution in [0.25, 0.3) is 10.4 Å². The molecule has 0 unspecified atom stereocenters. The Kier molecular flexibility index (Phi) is 6.22. The summed E-state index contributed by atoms with van der Waals surface area (Å²) in [6.07, 6.45) is 8.23. The first-order valence-corrected chi connectivity index (χ1v) is 10.7. The summed E-state index contributed by atoms with van der Waals surface area (Å²) in [5.41, 5.74) is 3.85. The molecule has 0 atom stereocenters. The topological polar surface area (TPSA) is 9.23 Å². The van der Waals surface area contributed by atoms with Crippen LogP contribution in [0.2, 0.25) is 0 Å². The van der Waals surface area contributed by atoms with Crippen LogP contribution >= 0.6 is 11.3 Å². The molecule has 2 heteroatoms. The standard InChI is InChI=1S/C23H32OS/c1-5-6-19-8-10-20(11-9-19)15-24-23-16(2)13-21(14-17(23)3)22-12-7-18(4)25-22/h7,12-14,19-20H,5-6,8-11,15H2,1-4H3. The first-order valence-electron chi connectivity index (χ1n) is 9.87. The Morgan fingerprint density at radius 2 is 1.60 bits per heavy atom. The van der Waals surface area contributed by atoms with Gasteiger partial charge in [-0.05, 0) is 86.4 Å². The van der Waals surface area contributed by atoms with E-state index in [2.05, 4.69) is 52.0 Å². The Hall–Kier alpha value is -1.28. The van der Waals surface area contributed by atoms with Crippen LogP contribution in [0.15, 0.2) is 24.3 Å². The van der Waals surface area contributed by atoms with Crippen molar-refractivity contribution in [3.63, 3.8) is 0 Å². The molecule has 3 rings (SSSR count). The molecule has 1 nitrogen and oxygen atoms in total. The number of benzene rings is 1. The average Bonchev–Trinajstić information content (AvgIpc) is 3.02. The van der Waals surface area contributed by atoms with Crippen LogP contribution in [0.4, 0.5) is 0 Å². The van der Waals surface area contributed by atoms with Crippen molar-refractivity contribution in [3.05, 3.63) is 40.3 Å². The molecule has 1 fully saturated rings. The molecule has 1 heterocycles. The van der Waals surface area contributed by atoms with E-state index < -0.39 is 0 Å². The van der Waals surface area contributed by atoms with Gasteiger partial charge in [-0.15, -0.1) is 11.3 Å². The lowest BCUT2D eigenvalue weighted by Crippen LogP contribution is -2.20. The molecular weight excluding hydrogens is 324 g/mol. The molecular formula is C23H32OS. The van der Waals surface area contributed by atoms with Gasteiger partial charge in [0.2, 0.25) is 0 Å². The van der Waals surface area contributed by atoms with Gasteiger partial charge in [0, 0.05) is 9.75 Å². The minimum Gasteiger partial charge on any atom is -0.493 e. The molecule has 0 N–H and O–H groups in total. The fourth-order valence-electron chi connectivity index (χ4n) is 4.21. The molecule has 1 aromatic heterocycles. The predicted octanol–water partition coefficient (Wildman–Crippen LogP) is 7.33. The largest absolute Gasteiger partial charge is 0.493 e. The minimum atomic E-state index is 0.742. The van der Waals surface area contributed by atoms with Gasteiger partial charge in [-0.1, -0.05) is 32.6 Å². The molecule has 136 valence electrons. The van der Waals surface area contributed by atoms with Crippen LogP contribution < -0.4 is 4.74 Å². The SMILES string of the molecule is CCCC1CCC(COc2c(C)cc(-c3ccc(C)s3)cc2C)CC1. The highest BCUT2D eigenvalue weighted by Crippen LogP contribution is 2.35. The van der Waals surface area contributed by atoms with Gasteiger partial charge in [-0.3, -0.25) is 0 Å². The third-order valence-electron chi connectivity index (χ3n) is 5.61. The van der Waals surface area contributed by atoms with E-state index in [9.17, 15) is 0 Å². The summed E-state index contributed by atoms with van der Waals surface area (Å²) in [5, 5.41) is 0. The van der Waals surface area contributed by atoms with Crippen molar-refractivity contribution >= 4 is 11.3 Å². The van der Waals surface area contributed by atoms with E-state index in [0.717, 1.165) is 24.2 Å². The van der Waals surface area contributed by atoms with Gasteiger partial charge in [0.05, 0.1) is 6.61 Å². The van der Waals surface area contributed by atoms with E-state index in [4.69, 9.17) is 4.74 Å². The molecule has 0 saturated heterocycles. The van der Waals surface area contributed by atoms with Crippen LogP contribution in [-0.4, -0.2) is 6.61 Å². The van der Waals surface area contributed by atoms with Crippen LogP contribution in [0.1, 0.15) is 61.5 Å². The number of aryl methyl sites for hydroxylation is 3. The maximum Gasteiger partial charge on any atom is 0.125 e. The maximum atomic E-state index is 6.30. The summed E-state index contributed by atoms with van der Waals surface area (Å²) in [6, 6.07) is 8.99. The van der Waals surface area contributed by atoms with Crippen molar-refractivity contribution in [1.29, 1.82) is 0 Å². The summed E-state index contributed by atoms with van der Waals surface area (Å²) >= 11 is 1.86. The molecule has 1 saturated carbocycles. The maximum absolute atomic E-state index is 6.30. The van der Waals surface area contributed by atoms with E-state index in [-0.39, 0.29) is 0 Å². The zero-order valence-electron chi connectivity index (χ0n) is 16.2. The second-order valence-corrected chi connectivity index (χ2v) is 9.12. The second-order valence-electron chi connectivity index (χ2n) is 7.84. The van der Waals surface area contributed by atoms with Crippen LogP contribution in [0.3, 0.4) is 0 Å². The Morgan fingerprint density at radius 1 is 0.960 bits per heavy atom. The molecule has 0 amide bonds. The van der Waals surface area contributed by atoms with Gasteiger partial charge in [0.25, 0.3) is 0 Å². The van der Waals surface area contributed by atoms with Crippen molar-refractivity contribution < 1.29 is 4.74 Å². The van der Waals surface area contributed by atoms with Crippen molar-refractivity contribution in [2.24, 2.45) is 11.8 Å². The molecule has 0 bridgehead atoms. The molecule has 0 radical (unpaired) electrons. The number of thiophene rings is 1. The van der Waals surface area contributed by atoms with Crippen LogP contribution in [0, 0.1) is 32.6 Å². The molecule has 1 aliphatic carbocycles. The summed E-state index contributed by atoms with van der Waals surface area (Å²) in [5.74, 6) is 2.82. The minimum absolute atomic E-state index is 0.742. The van der Waals surface area contributed by atoms with E-state index in [1.807, 2.05) is 11.3 Å². The fraction of sp³-hybridized carbons (Fsp3) is 0.565. The fourth-order valence-corrected chi connectivity index (χ4v) is 5.06. The third-order valence-corrected chi connectivity index (χ3v) is 6.66. The first kappa shape index (κ1) is 18.5. The molecule has 2 aromatic rings. The number of ether oxygens (including phenoxy) is 1. The second kappa shape index (κ2) is 8.40. The highest BCUT2D eigenvalue weighted by molar-refractivity contribution is 7.15. The van der Waals surface area contributed by atoms with Crippen molar-refractivity contribution in [3.8, 4) is 16.2 Å². The van der Waals surface area contributed by atoms with Crippen molar-refractivity contribution in [2.75, 3.05) is 6.61 Å². The van der Waals surface area contributed by atoms with E-state index >= 15 is 0 Å². The zero-order chi connectivity index (χ0) is 17.8. The Labute approximate surface area is 157 Å². The quantitative estimate of drug-likeness (QED) is 0.526. The first-order chi connectivity index (χ1) is 12.1. The lowest BCUT2D eigenvalue weighted by Gasteiger charge is -2.28. The van der Waals surface area contributed by atoms with Gasteiger partial charge in [-0.2, -0.15) is 0 Å². The molecule has 1 aromatic carbocycles.